The molecule has 1 nitrogen and oxygen atoms in total. The van der Waals surface area contributed by atoms with Gasteiger partial charge in [0.1, 0.15) is 0 Å². The van der Waals surface area contributed by atoms with Gasteiger partial charge in [-0.1, -0.05) is 128 Å². The minimum absolute atomic E-state index is 1.08. The fourth-order valence-electron chi connectivity index (χ4n) is 6.75. The van der Waals surface area contributed by atoms with E-state index >= 15 is 0 Å². The molecule has 0 aliphatic carbocycles. The molecule has 7 aromatic carbocycles. The van der Waals surface area contributed by atoms with Gasteiger partial charge < -0.3 is 4.57 Å². The Hall–Kier alpha value is -5.14. The van der Waals surface area contributed by atoms with Gasteiger partial charge in [0.25, 0.3) is 0 Å². The van der Waals surface area contributed by atoms with E-state index < -0.39 is 0 Å². The van der Waals surface area contributed by atoms with Crippen LogP contribution >= 0.6 is 0 Å². The molecular formula is C38H25N. The zero-order chi connectivity index (χ0) is 26.1. The maximum atomic E-state index is 4.20. The molecule has 0 amide bonds. The molecule has 8 aromatic rings. The van der Waals surface area contributed by atoms with Crippen LogP contribution < -0.4 is 0 Å². The third kappa shape index (κ3) is 2.85. The first-order valence-corrected chi connectivity index (χ1v) is 13.4. The highest BCUT2D eigenvalue weighted by Crippen LogP contribution is 2.47. The molecule has 0 aliphatic rings. The Balaban J connectivity index is 1.78. The molecule has 0 spiro atoms. The summed E-state index contributed by atoms with van der Waals surface area (Å²) >= 11 is 0. The second-order valence-corrected chi connectivity index (χ2v) is 10.2. The van der Waals surface area contributed by atoms with E-state index in [1.165, 1.54) is 64.9 Å². The monoisotopic (exact) mass is 495 g/mol. The van der Waals surface area contributed by atoms with Crippen molar-refractivity contribution < 1.29 is 0 Å². The molecule has 182 valence electrons. The SMILES string of the molecule is C=Cc1cccc(-n2c3ccccc3c3c4c5ccccc5c5ccccc5c4c4ccccc4c32)c1C=C. The van der Waals surface area contributed by atoms with E-state index in [0.29, 0.717) is 0 Å². The van der Waals surface area contributed by atoms with Crippen LogP contribution in [0, 0.1) is 0 Å². The van der Waals surface area contributed by atoms with Crippen molar-refractivity contribution in [3.05, 3.63) is 140 Å². The lowest BCUT2D eigenvalue weighted by Crippen LogP contribution is -1.99. The zero-order valence-electron chi connectivity index (χ0n) is 21.5. The molecule has 0 unspecified atom stereocenters. The fraction of sp³-hybridized carbons (Fsp3) is 0. The number of nitrogens with zero attached hydrogens (tertiary/aromatic N) is 1. The van der Waals surface area contributed by atoms with Crippen LogP contribution in [0.4, 0.5) is 0 Å². The minimum atomic E-state index is 1.08. The first-order valence-electron chi connectivity index (χ1n) is 13.4. The summed E-state index contributed by atoms with van der Waals surface area (Å²) in [7, 11) is 0. The summed E-state index contributed by atoms with van der Waals surface area (Å²) in [4.78, 5) is 0. The predicted octanol–water partition coefficient (Wildman–Crippen LogP) is 10.7. The molecule has 0 atom stereocenters. The molecule has 0 aliphatic heterocycles. The zero-order valence-corrected chi connectivity index (χ0v) is 21.5. The number of hydrogen-bond donors (Lipinski definition) is 0. The maximum absolute atomic E-state index is 4.20. The van der Waals surface area contributed by atoms with Gasteiger partial charge in [0.2, 0.25) is 0 Å². The van der Waals surface area contributed by atoms with Crippen molar-refractivity contribution >= 4 is 77.0 Å². The molecule has 8 rings (SSSR count). The first kappa shape index (κ1) is 21.9. The third-order valence-corrected chi connectivity index (χ3v) is 8.29. The first-order chi connectivity index (χ1) is 19.3. The summed E-state index contributed by atoms with van der Waals surface area (Å²) in [5.41, 5.74) is 5.69. The molecule has 1 aromatic heterocycles. The van der Waals surface area contributed by atoms with Crippen LogP contribution in [0.3, 0.4) is 0 Å². The van der Waals surface area contributed by atoms with Crippen molar-refractivity contribution in [2.75, 3.05) is 0 Å². The summed E-state index contributed by atoms with van der Waals surface area (Å²) < 4.78 is 2.44. The van der Waals surface area contributed by atoms with Crippen LogP contribution in [0.25, 0.3) is 82.7 Å². The van der Waals surface area contributed by atoms with Crippen molar-refractivity contribution in [1.82, 2.24) is 4.57 Å². The molecule has 0 N–H and O–H groups in total. The Morgan fingerprint density at radius 3 is 1.62 bits per heavy atom. The summed E-state index contributed by atoms with van der Waals surface area (Å²) in [6, 6.07) is 41.9. The lowest BCUT2D eigenvalue weighted by molar-refractivity contribution is 1.18. The molecule has 0 radical (unpaired) electrons. The Kier molecular flexibility index (Phi) is 4.59. The smallest absolute Gasteiger partial charge is 0.0626 e. The van der Waals surface area contributed by atoms with Crippen molar-refractivity contribution in [1.29, 1.82) is 0 Å². The molecule has 39 heavy (non-hydrogen) atoms. The molecule has 0 fully saturated rings. The predicted molar refractivity (Wildman–Crippen MR) is 171 cm³/mol. The maximum Gasteiger partial charge on any atom is 0.0626 e. The summed E-state index contributed by atoms with van der Waals surface area (Å²) in [6.45, 7) is 8.28. The van der Waals surface area contributed by atoms with E-state index in [4.69, 9.17) is 0 Å². The fourth-order valence-corrected chi connectivity index (χ4v) is 6.75. The van der Waals surface area contributed by atoms with Crippen LogP contribution in [0.15, 0.2) is 128 Å². The normalized spacial score (nSPS) is 11.8. The van der Waals surface area contributed by atoms with E-state index in [2.05, 4.69) is 133 Å². The lowest BCUT2D eigenvalue weighted by atomic mass is 9.88. The molecule has 0 saturated carbocycles. The third-order valence-electron chi connectivity index (χ3n) is 8.29. The van der Waals surface area contributed by atoms with Gasteiger partial charge in [-0.3, -0.25) is 0 Å². The Bertz CT molecular complexity index is 2310. The van der Waals surface area contributed by atoms with Crippen LogP contribution in [0.5, 0.6) is 0 Å². The highest BCUT2D eigenvalue weighted by atomic mass is 15.0. The van der Waals surface area contributed by atoms with Gasteiger partial charge in [-0.05, 0) is 50.0 Å². The van der Waals surface area contributed by atoms with Gasteiger partial charge in [0, 0.05) is 27.1 Å². The van der Waals surface area contributed by atoms with Gasteiger partial charge in [-0.15, -0.1) is 0 Å². The van der Waals surface area contributed by atoms with E-state index in [-0.39, 0.29) is 0 Å². The molecule has 0 saturated heterocycles. The van der Waals surface area contributed by atoms with E-state index in [0.717, 1.165) is 16.8 Å². The highest BCUT2D eigenvalue weighted by Gasteiger charge is 2.22. The Labute approximate surface area is 226 Å². The number of rotatable bonds is 3. The van der Waals surface area contributed by atoms with Gasteiger partial charge in [-0.2, -0.15) is 0 Å². The average molecular weight is 496 g/mol. The molecule has 1 heteroatoms. The van der Waals surface area contributed by atoms with Crippen LogP contribution in [-0.4, -0.2) is 4.57 Å². The van der Waals surface area contributed by atoms with Gasteiger partial charge in [-0.25, -0.2) is 0 Å². The Morgan fingerprint density at radius 2 is 0.974 bits per heavy atom. The standard InChI is InChI=1S/C38H25N/c1-3-24-14-13-23-33(25(24)4-2)39-34-22-12-11-21-32(34)37-36-29-18-8-6-16-27(29)26-15-5-7-17-28(26)35(36)30-19-9-10-20-31(30)38(37)39/h3-23H,1-2H2. The Morgan fingerprint density at radius 1 is 0.436 bits per heavy atom. The van der Waals surface area contributed by atoms with Gasteiger partial charge in [0.15, 0.2) is 0 Å². The van der Waals surface area contributed by atoms with Crippen molar-refractivity contribution in [3.8, 4) is 5.69 Å². The number of benzene rings is 7. The second-order valence-electron chi connectivity index (χ2n) is 10.2. The number of para-hydroxylation sites is 1. The van der Waals surface area contributed by atoms with E-state index in [1.54, 1.807) is 0 Å². The van der Waals surface area contributed by atoms with Crippen LogP contribution in [-0.2, 0) is 0 Å². The molecular weight excluding hydrogens is 470 g/mol. The van der Waals surface area contributed by atoms with Crippen LogP contribution in [0.2, 0.25) is 0 Å². The average Bonchev–Trinajstić information content (AvgIpc) is 3.35. The highest BCUT2D eigenvalue weighted by molar-refractivity contribution is 6.42. The topological polar surface area (TPSA) is 4.93 Å². The summed E-state index contributed by atoms with van der Waals surface area (Å²) in [6.07, 6.45) is 3.88. The number of aromatic nitrogens is 1. The van der Waals surface area contributed by atoms with E-state index in [1.807, 2.05) is 12.2 Å². The van der Waals surface area contributed by atoms with Gasteiger partial charge >= 0.3 is 0 Å². The van der Waals surface area contributed by atoms with Gasteiger partial charge in [0.05, 0.1) is 16.7 Å². The summed E-state index contributed by atoms with van der Waals surface area (Å²) in [5.74, 6) is 0. The van der Waals surface area contributed by atoms with Crippen molar-refractivity contribution in [2.45, 2.75) is 0 Å². The number of fused-ring (bicyclic) bond motifs is 13. The van der Waals surface area contributed by atoms with E-state index in [9.17, 15) is 0 Å². The lowest BCUT2D eigenvalue weighted by Gasteiger charge is -2.17. The van der Waals surface area contributed by atoms with Crippen molar-refractivity contribution in [2.24, 2.45) is 0 Å². The molecule has 1 heterocycles. The summed E-state index contributed by atoms with van der Waals surface area (Å²) in [5, 5.41) is 12.8. The second kappa shape index (κ2) is 8.18. The molecule has 0 bridgehead atoms. The van der Waals surface area contributed by atoms with Crippen molar-refractivity contribution in [3.63, 3.8) is 0 Å². The quantitative estimate of drug-likeness (QED) is 0.215. The minimum Gasteiger partial charge on any atom is -0.308 e. The number of hydrogen-bond acceptors (Lipinski definition) is 0. The largest absolute Gasteiger partial charge is 0.308 e. The van der Waals surface area contributed by atoms with Crippen LogP contribution in [0.1, 0.15) is 11.1 Å².